The van der Waals surface area contributed by atoms with E-state index in [2.05, 4.69) is 17.6 Å². The largest absolute Gasteiger partial charge is 0.399 e. The van der Waals surface area contributed by atoms with Crippen LogP contribution in [0, 0.1) is 0 Å². The van der Waals surface area contributed by atoms with Crippen LogP contribution in [0.2, 0.25) is 0 Å². The first-order chi connectivity index (χ1) is 5.27. The maximum Gasteiger partial charge on any atom is 0.0946 e. The molecule has 4 heteroatoms. The van der Waals surface area contributed by atoms with Crippen LogP contribution in [0.4, 0.5) is 5.69 Å². The fourth-order valence-corrected chi connectivity index (χ4v) is 2.12. The van der Waals surface area contributed by atoms with Crippen LogP contribution in [0.3, 0.4) is 0 Å². The van der Waals surface area contributed by atoms with Gasteiger partial charge >= 0.3 is 0 Å². The molecule has 0 bridgehead atoms. The Morgan fingerprint density at radius 3 is 3.09 bits per heavy atom. The highest BCUT2D eigenvalue weighted by Gasteiger charge is 2.00. The van der Waals surface area contributed by atoms with Crippen molar-refractivity contribution in [2.75, 3.05) is 5.73 Å². The van der Waals surface area contributed by atoms with Crippen LogP contribution < -0.4 is 5.73 Å². The lowest BCUT2D eigenvalue weighted by Crippen LogP contribution is -1.83. The molecule has 1 aromatic carbocycles. The first kappa shape index (κ1) is 6.94. The van der Waals surface area contributed by atoms with Crippen molar-refractivity contribution in [2.24, 2.45) is 0 Å². The highest BCUT2D eigenvalue weighted by atomic mass is 32.1. The van der Waals surface area contributed by atoms with Gasteiger partial charge in [-0.1, -0.05) is 0 Å². The molecule has 0 atom stereocenters. The van der Waals surface area contributed by atoms with E-state index < -0.39 is 0 Å². The molecule has 56 valence electrons. The van der Waals surface area contributed by atoms with E-state index >= 15 is 0 Å². The number of nitrogens with zero attached hydrogens (tertiary/aromatic N) is 1. The molecule has 1 aromatic heterocycles. The number of nitrogens with two attached hydrogens (primary N) is 1. The molecule has 2 N–H and O–H groups in total. The van der Waals surface area contributed by atoms with Gasteiger partial charge in [-0.25, -0.2) is 4.98 Å². The van der Waals surface area contributed by atoms with Gasteiger partial charge in [0.2, 0.25) is 0 Å². The van der Waals surface area contributed by atoms with Crippen LogP contribution >= 0.6 is 24.0 Å². The van der Waals surface area contributed by atoms with Gasteiger partial charge in [0.1, 0.15) is 0 Å². The molecule has 0 saturated heterocycles. The molecular weight excluding hydrogens is 176 g/mol. The Kier molecular flexibility index (Phi) is 1.51. The summed E-state index contributed by atoms with van der Waals surface area (Å²) in [4.78, 5) is 4.99. The summed E-state index contributed by atoms with van der Waals surface area (Å²) in [5, 5.41) is 0. The Morgan fingerprint density at radius 1 is 1.45 bits per heavy atom. The lowest BCUT2D eigenvalue weighted by atomic mass is 10.3. The molecule has 2 rings (SSSR count). The second kappa shape index (κ2) is 2.39. The van der Waals surface area contributed by atoms with Crippen LogP contribution in [0.1, 0.15) is 0 Å². The van der Waals surface area contributed by atoms with Crippen molar-refractivity contribution in [1.29, 1.82) is 0 Å². The minimum absolute atomic E-state index is 0.742. The minimum atomic E-state index is 0.742. The molecule has 2 aromatic rings. The number of nitrogen functional groups attached to an aromatic ring is 1. The average molecular weight is 182 g/mol. The summed E-state index contributed by atoms with van der Waals surface area (Å²) < 4.78 is 1.09. The number of anilines is 1. The number of benzene rings is 1. The van der Waals surface area contributed by atoms with E-state index in [1.807, 2.05) is 12.1 Å². The maximum atomic E-state index is 5.61. The molecule has 0 amide bonds. The number of hydrogen-bond donors (Lipinski definition) is 2. The van der Waals surface area contributed by atoms with Crippen molar-refractivity contribution in [3.63, 3.8) is 0 Å². The van der Waals surface area contributed by atoms with E-state index in [-0.39, 0.29) is 0 Å². The number of hydrogen-bond acceptors (Lipinski definition) is 4. The predicted molar refractivity (Wildman–Crippen MR) is 51.3 cm³/mol. The average Bonchev–Trinajstić information content (AvgIpc) is 2.34. The SMILES string of the molecule is Nc1cc(S)c2ncsc2c1. The lowest BCUT2D eigenvalue weighted by Gasteiger charge is -1.95. The number of fused-ring (bicyclic) bond motifs is 1. The van der Waals surface area contributed by atoms with Gasteiger partial charge in [0.05, 0.1) is 15.7 Å². The van der Waals surface area contributed by atoms with Gasteiger partial charge < -0.3 is 5.73 Å². The van der Waals surface area contributed by atoms with Crippen LogP contribution in [0.15, 0.2) is 22.5 Å². The standard InChI is InChI=1S/C7H6N2S2/c8-4-1-5(10)7-6(2-4)11-3-9-7/h1-3,10H,8H2. The summed E-state index contributed by atoms with van der Waals surface area (Å²) in [6.45, 7) is 0. The Hall–Kier alpha value is -0.740. The van der Waals surface area contributed by atoms with Gasteiger partial charge in [-0.3, -0.25) is 0 Å². The molecule has 0 saturated carbocycles. The van der Waals surface area contributed by atoms with Crippen molar-refractivity contribution < 1.29 is 0 Å². The Labute approximate surface area is 73.5 Å². The zero-order chi connectivity index (χ0) is 7.84. The van der Waals surface area contributed by atoms with E-state index in [0.29, 0.717) is 0 Å². The Balaban J connectivity index is 2.91. The predicted octanol–water partition coefficient (Wildman–Crippen LogP) is 2.17. The highest BCUT2D eigenvalue weighted by molar-refractivity contribution is 7.80. The van der Waals surface area contributed by atoms with Crippen LogP contribution in [0.25, 0.3) is 10.2 Å². The normalized spacial score (nSPS) is 10.6. The molecule has 1 heterocycles. The topological polar surface area (TPSA) is 38.9 Å². The molecule has 0 fully saturated rings. The Morgan fingerprint density at radius 2 is 2.27 bits per heavy atom. The number of rotatable bonds is 0. The summed E-state index contributed by atoms with van der Waals surface area (Å²) in [5.74, 6) is 0. The van der Waals surface area contributed by atoms with Gasteiger partial charge in [-0.05, 0) is 12.1 Å². The molecule has 11 heavy (non-hydrogen) atoms. The third kappa shape index (κ3) is 1.08. The summed E-state index contributed by atoms with van der Waals surface area (Å²) in [6.07, 6.45) is 0. The number of thiol groups is 1. The smallest absolute Gasteiger partial charge is 0.0946 e. The first-order valence-electron chi connectivity index (χ1n) is 3.09. The lowest BCUT2D eigenvalue weighted by molar-refractivity contribution is 1.42. The summed E-state index contributed by atoms with van der Waals surface area (Å²) >= 11 is 5.83. The monoisotopic (exact) mass is 182 g/mol. The molecule has 0 aliphatic heterocycles. The zero-order valence-corrected chi connectivity index (χ0v) is 7.32. The van der Waals surface area contributed by atoms with Crippen molar-refractivity contribution in [2.45, 2.75) is 4.90 Å². The highest BCUT2D eigenvalue weighted by Crippen LogP contribution is 2.26. The fourth-order valence-electron chi connectivity index (χ4n) is 0.969. The Bertz CT molecular complexity index is 394. The summed E-state index contributed by atoms with van der Waals surface area (Å²) in [5.41, 5.74) is 9.09. The second-order valence-electron chi connectivity index (χ2n) is 2.24. The summed E-state index contributed by atoms with van der Waals surface area (Å²) in [7, 11) is 0. The van der Waals surface area contributed by atoms with Crippen molar-refractivity contribution >= 4 is 39.9 Å². The van der Waals surface area contributed by atoms with Crippen molar-refractivity contribution in [3.05, 3.63) is 17.6 Å². The molecular formula is C7H6N2S2. The van der Waals surface area contributed by atoms with Gasteiger partial charge in [0.15, 0.2) is 0 Å². The minimum Gasteiger partial charge on any atom is -0.399 e. The van der Waals surface area contributed by atoms with Crippen LogP contribution in [0.5, 0.6) is 0 Å². The molecule has 0 aliphatic carbocycles. The molecule has 0 unspecified atom stereocenters. The van der Waals surface area contributed by atoms with E-state index in [9.17, 15) is 0 Å². The third-order valence-corrected chi connectivity index (χ3v) is 2.56. The van der Waals surface area contributed by atoms with E-state index in [1.54, 1.807) is 16.8 Å². The van der Waals surface area contributed by atoms with E-state index in [1.165, 1.54) is 0 Å². The molecule has 0 aliphatic rings. The fraction of sp³-hybridized carbons (Fsp3) is 0. The maximum absolute atomic E-state index is 5.61. The van der Waals surface area contributed by atoms with E-state index in [4.69, 9.17) is 5.73 Å². The van der Waals surface area contributed by atoms with Crippen LogP contribution in [-0.2, 0) is 0 Å². The second-order valence-corrected chi connectivity index (χ2v) is 3.61. The van der Waals surface area contributed by atoms with Gasteiger partial charge in [0, 0.05) is 10.6 Å². The third-order valence-electron chi connectivity index (χ3n) is 1.44. The number of aromatic nitrogens is 1. The van der Waals surface area contributed by atoms with Gasteiger partial charge in [0.25, 0.3) is 0 Å². The molecule has 0 radical (unpaired) electrons. The zero-order valence-electron chi connectivity index (χ0n) is 5.61. The van der Waals surface area contributed by atoms with Crippen molar-refractivity contribution in [3.8, 4) is 0 Å². The first-order valence-corrected chi connectivity index (χ1v) is 4.42. The summed E-state index contributed by atoms with van der Waals surface area (Å²) in [6, 6.07) is 3.72. The molecule has 2 nitrogen and oxygen atoms in total. The number of thiazole rings is 1. The molecule has 0 spiro atoms. The quantitative estimate of drug-likeness (QED) is 0.484. The van der Waals surface area contributed by atoms with Crippen LogP contribution in [-0.4, -0.2) is 4.98 Å². The van der Waals surface area contributed by atoms with E-state index in [0.717, 1.165) is 20.8 Å². The van der Waals surface area contributed by atoms with Gasteiger partial charge in [-0.15, -0.1) is 24.0 Å². The van der Waals surface area contributed by atoms with Crippen molar-refractivity contribution in [1.82, 2.24) is 4.98 Å². The van der Waals surface area contributed by atoms with Gasteiger partial charge in [-0.2, -0.15) is 0 Å².